The summed E-state index contributed by atoms with van der Waals surface area (Å²) in [4.78, 5) is 31.6. The summed E-state index contributed by atoms with van der Waals surface area (Å²) in [7, 11) is 5.91. The zero-order chi connectivity index (χ0) is 39.2. The number of benzene rings is 2. The van der Waals surface area contributed by atoms with Gasteiger partial charge in [0.05, 0.1) is 18.7 Å². The number of rotatable bonds is 14. The molecule has 2 aromatic heterocycles. The minimum Gasteiger partial charge on any atom is -0.496 e. The number of nitrogens with one attached hydrogen (secondary N) is 2. The second-order valence-electron chi connectivity index (χ2n) is 16.8. The van der Waals surface area contributed by atoms with E-state index in [0.717, 1.165) is 103 Å². The Balaban J connectivity index is 0.972. The number of hydrogen-bond acceptors (Lipinski definition) is 9. The van der Waals surface area contributed by atoms with Crippen LogP contribution < -0.4 is 15.4 Å². The molecule has 9 nitrogen and oxygen atoms in total. The van der Waals surface area contributed by atoms with Crippen LogP contribution in [0.2, 0.25) is 5.02 Å². The highest BCUT2D eigenvalue weighted by Crippen LogP contribution is 2.43. The number of amides is 1. The zero-order valence-corrected chi connectivity index (χ0v) is 35.8. The molecule has 0 radical (unpaired) electrons. The van der Waals surface area contributed by atoms with Crippen molar-refractivity contribution < 1.29 is 9.53 Å². The van der Waals surface area contributed by atoms with E-state index in [1.807, 2.05) is 19.1 Å². The molecule has 11 heteroatoms. The minimum atomic E-state index is 0.0177. The van der Waals surface area contributed by atoms with Gasteiger partial charge in [-0.2, -0.15) is 0 Å². The normalized spacial score (nSPS) is 20.4. The molecule has 2 saturated heterocycles. The standard InChI is InChI=1S/C45H62ClN7O2S/c1-30(42-25-36(29-56-42)43-35(28-51(3)4)10-8-11-39(43)46)48-44-38-26-37(41(55-5)27-40(38)49-31(2)50-44)33-12-14-34(15-13-33)45(54)53-23-21-52(22-24-53)20-7-6-9-32-16-18-47-19-17-32/h8,10-11,25-27,29-30,32-34,47H,6-7,9,12-24,28H2,1-5H3,(H,48,49,50)/t30-,33?,34?/m1/s1. The summed E-state index contributed by atoms with van der Waals surface area (Å²) >= 11 is 8.51. The maximum Gasteiger partial charge on any atom is 0.225 e. The molecule has 0 bridgehead atoms. The van der Waals surface area contributed by atoms with Crippen LogP contribution in [0.25, 0.3) is 22.0 Å². The molecule has 2 aromatic carbocycles. The number of thiophene rings is 1. The van der Waals surface area contributed by atoms with E-state index in [1.165, 1.54) is 67.7 Å². The lowest BCUT2D eigenvalue weighted by Gasteiger charge is -2.38. The first kappa shape index (κ1) is 40.9. The molecule has 1 amide bonds. The molecule has 0 spiro atoms. The van der Waals surface area contributed by atoms with Gasteiger partial charge in [0.1, 0.15) is 17.4 Å². The van der Waals surface area contributed by atoms with Gasteiger partial charge in [-0.1, -0.05) is 36.6 Å². The first-order valence-corrected chi connectivity index (χ1v) is 22.3. The molecule has 2 N–H and O–H groups in total. The van der Waals surface area contributed by atoms with Crippen LogP contribution in [-0.2, 0) is 11.3 Å². The Hall–Kier alpha value is -3.28. The fraction of sp³-hybridized carbons (Fsp3) is 0.578. The number of ether oxygens (including phenoxy) is 1. The topological polar surface area (TPSA) is 85.9 Å². The number of carbonyl (C=O) groups is 1. The molecular weight excluding hydrogens is 738 g/mol. The zero-order valence-electron chi connectivity index (χ0n) is 34.2. The smallest absolute Gasteiger partial charge is 0.225 e. The largest absolute Gasteiger partial charge is 0.496 e. The van der Waals surface area contributed by atoms with Gasteiger partial charge in [0.15, 0.2) is 0 Å². The highest BCUT2D eigenvalue weighted by atomic mass is 35.5. The van der Waals surface area contributed by atoms with Gasteiger partial charge in [0.2, 0.25) is 5.91 Å². The number of anilines is 1. The first-order chi connectivity index (χ1) is 27.2. The lowest BCUT2D eigenvalue weighted by atomic mass is 9.77. The average molecular weight is 801 g/mol. The molecule has 302 valence electrons. The number of methoxy groups -OCH3 is 1. The Kier molecular flexibility index (Phi) is 13.9. The maximum atomic E-state index is 13.7. The molecule has 1 atom stereocenters. The van der Waals surface area contributed by atoms with Gasteiger partial charge in [-0.25, -0.2) is 9.97 Å². The van der Waals surface area contributed by atoms with E-state index in [-0.39, 0.29) is 12.0 Å². The summed E-state index contributed by atoms with van der Waals surface area (Å²) in [5.74, 6) is 4.12. The average Bonchev–Trinajstić information content (AvgIpc) is 3.69. The van der Waals surface area contributed by atoms with Crippen LogP contribution in [0.3, 0.4) is 0 Å². The monoisotopic (exact) mass is 799 g/mol. The third kappa shape index (κ3) is 9.87. The quantitative estimate of drug-likeness (QED) is 0.122. The Morgan fingerprint density at radius 2 is 1.80 bits per heavy atom. The molecule has 4 heterocycles. The Bertz CT molecular complexity index is 1930. The number of nitrogens with zero attached hydrogens (tertiary/aromatic N) is 5. The summed E-state index contributed by atoms with van der Waals surface area (Å²) in [5.41, 5.74) is 5.51. The van der Waals surface area contributed by atoms with Crippen molar-refractivity contribution in [2.45, 2.75) is 90.1 Å². The van der Waals surface area contributed by atoms with Crippen LogP contribution in [0.1, 0.15) is 98.5 Å². The fourth-order valence-electron chi connectivity index (χ4n) is 9.29. The summed E-state index contributed by atoms with van der Waals surface area (Å²) in [6.45, 7) is 12.2. The third-order valence-corrected chi connectivity index (χ3v) is 13.9. The number of aromatic nitrogens is 2. The molecular formula is C45H62ClN7O2S. The highest BCUT2D eigenvalue weighted by Gasteiger charge is 2.33. The number of carbonyl (C=O) groups excluding carboxylic acids is 1. The molecule has 2 aliphatic heterocycles. The van der Waals surface area contributed by atoms with Crippen molar-refractivity contribution in [1.29, 1.82) is 0 Å². The fourth-order valence-corrected chi connectivity index (χ4v) is 10.5. The number of fused-ring (bicyclic) bond motifs is 1. The highest BCUT2D eigenvalue weighted by molar-refractivity contribution is 7.10. The van der Waals surface area contributed by atoms with Crippen LogP contribution in [0.4, 0.5) is 5.82 Å². The van der Waals surface area contributed by atoms with Crippen LogP contribution >= 0.6 is 22.9 Å². The van der Waals surface area contributed by atoms with Gasteiger partial charge in [-0.05, 0) is 145 Å². The maximum absolute atomic E-state index is 13.7. The summed E-state index contributed by atoms with van der Waals surface area (Å²) < 4.78 is 5.99. The second-order valence-corrected chi connectivity index (χ2v) is 18.1. The van der Waals surface area contributed by atoms with Crippen LogP contribution in [-0.4, -0.2) is 97.6 Å². The summed E-state index contributed by atoms with van der Waals surface area (Å²) in [5, 5.41) is 11.2. The van der Waals surface area contributed by atoms with Crippen molar-refractivity contribution in [3.05, 3.63) is 68.6 Å². The van der Waals surface area contributed by atoms with E-state index in [2.05, 4.69) is 76.0 Å². The Morgan fingerprint density at radius 3 is 2.54 bits per heavy atom. The van der Waals surface area contributed by atoms with Crippen molar-refractivity contribution in [2.75, 3.05) is 72.3 Å². The number of halogens is 1. The van der Waals surface area contributed by atoms with E-state index < -0.39 is 0 Å². The number of piperidine rings is 1. The van der Waals surface area contributed by atoms with E-state index in [1.54, 1.807) is 18.4 Å². The number of hydrogen-bond donors (Lipinski definition) is 2. The van der Waals surface area contributed by atoms with Crippen molar-refractivity contribution in [3.63, 3.8) is 0 Å². The molecule has 3 fully saturated rings. The van der Waals surface area contributed by atoms with Crippen molar-refractivity contribution in [3.8, 4) is 16.9 Å². The van der Waals surface area contributed by atoms with E-state index in [9.17, 15) is 4.79 Å². The molecule has 7 rings (SSSR count). The molecule has 1 aliphatic carbocycles. The summed E-state index contributed by atoms with van der Waals surface area (Å²) in [6, 6.07) is 12.8. The van der Waals surface area contributed by atoms with Gasteiger partial charge < -0.3 is 25.2 Å². The van der Waals surface area contributed by atoms with E-state index in [4.69, 9.17) is 26.3 Å². The molecule has 1 saturated carbocycles. The van der Waals surface area contributed by atoms with Crippen LogP contribution in [0, 0.1) is 18.8 Å². The first-order valence-electron chi connectivity index (χ1n) is 21.0. The van der Waals surface area contributed by atoms with E-state index in [0.29, 0.717) is 17.6 Å². The van der Waals surface area contributed by atoms with Gasteiger partial charge in [-0.15, -0.1) is 11.3 Å². The predicted octanol–water partition coefficient (Wildman–Crippen LogP) is 9.15. The number of aryl methyl sites for hydroxylation is 1. The second kappa shape index (κ2) is 19.0. The lowest BCUT2D eigenvalue weighted by Crippen LogP contribution is -2.50. The van der Waals surface area contributed by atoms with Gasteiger partial charge >= 0.3 is 0 Å². The number of unbranched alkanes of at least 4 members (excludes halogenated alkanes) is 1. The minimum absolute atomic E-state index is 0.0177. The lowest BCUT2D eigenvalue weighted by molar-refractivity contribution is -0.138. The van der Waals surface area contributed by atoms with Crippen molar-refractivity contribution >= 4 is 45.6 Å². The van der Waals surface area contributed by atoms with Crippen LogP contribution in [0.15, 0.2) is 41.8 Å². The van der Waals surface area contributed by atoms with Crippen molar-refractivity contribution in [1.82, 2.24) is 30.0 Å². The molecule has 56 heavy (non-hydrogen) atoms. The Morgan fingerprint density at radius 1 is 1.04 bits per heavy atom. The predicted molar refractivity (Wildman–Crippen MR) is 232 cm³/mol. The van der Waals surface area contributed by atoms with Crippen molar-refractivity contribution in [2.24, 2.45) is 11.8 Å². The molecule has 0 unspecified atom stereocenters. The number of piperazine rings is 1. The third-order valence-electron chi connectivity index (χ3n) is 12.4. The Labute approximate surface area is 343 Å². The SMILES string of the molecule is COc1cc2nc(C)nc(N[C@H](C)c3cc(-c4c(Cl)cccc4CN(C)C)cs3)c2cc1C1CCC(C(=O)N2CCN(CCCCC3CCNCC3)CC2)CC1. The van der Waals surface area contributed by atoms with Gasteiger partial charge in [0.25, 0.3) is 0 Å². The molecule has 3 aliphatic rings. The van der Waals surface area contributed by atoms with Crippen LogP contribution in [0.5, 0.6) is 5.75 Å². The van der Waals surface area contributed by atoms with E-state index >= 15 is 0 Å². The summed E-state index contributed by atoms with van der Waals surface area (Å²) in [6.07, 6.45) is 10.4. The van der Waals surface area contributed by atoms with Gasteiger partial charge in [-0.3, -0.25) is 9.69 Å². The molecule has 4 aromatic rings. The van der Waals surface area contributed by atoms with Gasteiger partial charge in [0, 0.05) is 65.6 Å².